The first-order valence-corrected chi connectivity index (χ1v) is 6.31. The Labute approximate surface area is 65.9 Å². The molecule has 0 heterocycles. The van der Waals surface area contributed by atoms with Gasteiger partial charge >= 0.3 is 0 Å². The van der Waals surface area contributed by atoms with E-state index in [4.69, 9.17) is 4.52 Å². The van der Waals surface area contributed by atoms with Crippen molar-refractivity contribution in [2.75, 3.05) is 0 Å². The Morgan fingerprint density at radius 3 is 2.44 bits per heavy atom. The van der Waals surface area contributed by atoms with Crippen LogP contribution in [0.3, 0.4) is 0 Å². The quantitative estimate of drug-likeness (QED) is 0.482. The molecule has 9 heavy (non-hydrogen) atoms. The minimum atomic E-state index is -3.07. The van der Waals surface area contributed by atoms with Gasteiger partial charge in [0.1, 0.15) is 0 Å². The molecule has 0 N–H and O–H groups in total. The Kier molecular flexibility index (Phi) is 4.34. The second-order valence-electron chi connectivity index (χ2n) is 1.77. The molecule has 0 aliphatic carbocycles. The van der Waals surface area contributed by atoms with Gasteiger partial charge in [0.2, 0.25) is 0 Å². The van der Waals surface area contributed by atoms with Crippen molar-refractivity contribution in [1.29, 1.82) is 0 Å². The van der Waals surface area contributed by atoms with Crippen molar-refractivity contribution in [2.24, 2.45) is 0 Å². The summed E-state index contributed by atoms with van der Waals surface area (Å²) in [6.45, 7) is 3.72. The molecule has 5 heteroatoms. The van der Waals surface area contributed by atoms with Crippen molar-refractivity contribution in [3.63, 3.8) is 0 Å². The standard InChI is InChI=1S/C4H11O2PS2/c1-3-4(2)6-7(5,8)9/h4H,3H2,1-2H3,(H2,5,8,9)/p-2. The molecule has 0 aromatic carbocycles. The maximum atomic E-state index is 10.6. The molecule has 0 amide bonds. The van der Waals surface area contributed by atoms with Crippen LogP contribution in [0.25, 0.3) is 0 Å². The van der Waals surface area contributed by atoms with E-state index in [1.165, 1.54) is 0 Å². The van der Waals surface area contributed by atoms with Crippen LogP contribution >= 0.6 is 5.69 Å². The molecule has 0 rings (SSSR count). The Morgan fingerprint density at radius 2 is 2.33 bits per heavy atom. The van der Waals surface area contributed by atoms with Gasteiger partial charge in [-0.3, -0.25) is 0 Å². The van der Waals surface area contributed by atoms with E-state index in [1.54, 1.807) is 6.92 Å². The van der Waals surface area contributed by atoms with Crippen LogP contribution in [0.2, 0.25) is 0 Å². The molecule has 0 aliphatic heterocycles. The lowest BCUT2D eigenvalue weighted by Crippen LogP contribution is -2.09. The molecular formula is C4H9O2PS2-2. The van der Waals surface area contributed by atoms with E-state index in [2.05, 4.69) is 24.1 Å². The zero-order chi connectivity index (χ0) is 7.49. The normalized spacial score (nSPS) is 20.9. The van der Waals surface area contributed by atoms with Crippen LogP contribution in [0, 0.1) is 0 Å². The predicted octanol–water partition coefficient (Wildman–Crippen LogP) is 0.933. The van der Waals surface area contributed by atoms with Crippen LogP contribution in [0.15, 0.2) is 0 Å². The molecule has 0 bridgehead atoms. The summed E-state index contributed by atoms with van der Waals surface area (Å²) in [6.07, 6.45) is 0.711. The molecule has 2 unspecified atom stereocenters. The van der Waals surface area contributed by atoms with Crippen LogP contribution < -0.4 is 4.89 Å². The van der Waals surface area contributed by atoms with Crippen molar-refractivity contribution < 1.29 is 9.42 Å². The molecule has 0 saturated heterocycles. The highest BCUT2D eigenvalue weighted by atomic mass is 32.9. The smallest absolute Gasteiger partial charge is 0.0556 e. The lowest BCUT2D eigenvalue weighted by Gasteiger charge is -2.37. The molecule has 0 fully saturated rings. The topological polar surface area (TPSA) is 32.3 Å². The monoisotopic (exact) mass is 184 g/mol. The molecule has 2 atom stereocenters. The summed E-state index contributed by atoms with van der Waals surface area (Å²) in [5, 5.41) is 0. The van der Waals surface area contributed by atoms with Gasteiger partial charge in [0, 0.05) is 0 Å². The maximum Gasteiger partial charge on any atom is 0.0556 e. The fraction of sp³-hybridized carbons (Fsp3) is 1.00. The molecule has 0 saturated carbocycles. The van der Waals surface area contributed by atoms with E-state index < -0.39 is 5.69 Å². The first-order chi connectivity index (χ1) is 3.95. The fourth-order valence-corrected chi connectivity index (χ4v) is 1.77. The molecule has 0 spiro atoms. The van der Waals surface area contributed by atoms with Crippen molar-refractivity contribution in [3.05, 3.63) is 0 Å². The van der Waals surface area contributed by atoms with E-state index in [-0.39, 0.29) is 6.10 Å². The second kappa shape index (κ2) is 3.94. The van der Waals surface area contributed by atoms with Crippen molar-refractivity contribution in [1.82, 2.24) is 0 Å². The summed E-state index contributed by atoms with van der Waals surface area (Å²) in [5.41, 5.74) is -3.07. The van der Waals surface area contributed by atoms with Gasteiger partial charge in [-0.15, -0.1) is 17.5 Å². The van der Waals surface area contributed by atoms with E-state index in [9.17, 15) is 4.89 Å². The van der Waals surface area contributed by atoms with Gasteiger partial charge < -0.3 is 21.7 Å². The number of hydrogen-bond acceptors (Lipinski definition) is 4. The minimum Gasteiger partial charge on any atom is -0.819 e. The molecule has 0 aliphatic rings. The Morgan fingerprint density at radius 1 is 1.89 bits per heavy atom. The zero-order valence-electron chi connectivity index (χ0n) is 5.36. The Balaban J connectivity index is 3.60. The highest BCUT2D eigenvalue weighted by Gasteiger charge is 1.95. The minimum absolute atomic E-state index is 0.0779. The summed E-state index contributed by atoms with van der Waals surface area (Å²) >= 11 is 8.75. The highest BCUT2D eigenvalue weighted by Crippen LogP contribution is 2.35. The molecule has 0 radical (unpaired) electrons. The zero-order valence-corrected chi connectivity index (χ0v) is 7.89. The van der Waals surface area contributed by atoms with E-state index in [0.717, 1.165) is 6.42 Å². The lowest BCUT2D eigenvalue weighted by atomic mass is 10.3. The summed E-state index contributed by atoms with van der Waals surface area (Å²) < 4.78 is 4.77. The molecular weight excluding hydrogens is 175 g/mol. The summed E-state index contributed by atoms with van der Waals surface area (Å²) in [6, 6.07) is 0. The van der Waals surface area contributed by atoms with Gasteiger partial charge in [0.05, 0.1) is 6.10 Å². The molecule has 0 aromatic heterocycles. The Hall–Kier alpha value is 0.920. The van der Waals surface area contributed by atoms with Gasteiger partial charge in [0.15, 0.2) is 0 Å². The first-order valence-electron chi connectivity index (χ1n) is 2.66. The fourth-order valence-electron chi connectivity index (χ4n) is 0.295. The van der Waals surface area contributed by atoms with Crippen LogP contribution in [0.5, 0.6) is 0 Å². The van der Waals surface area contributed by atoms with E-state index >= 15 is 0 Å². The largest absolute Gasteiger partial charge is 0.819 e. The van der Waals surface area contributed by atoms with Gasteiger partial charge in [-0.1, -0.05) is 6.92 Å². The van der Waals surface area contributed by atoms with E-state index in [1.807, 2.05) is 6.92 Å². The third-order valence-corrected chi connectivity index (χ3v) is 2.02. The second-order valence-corrected chi connectivity index (χ2v) is 6.45. The van der Waals surface area contributed by atoms with Crippen molar-refractivity contribution >= 4 is 29.7 Å². The van der Waals surface area contributed by atoms with E-state index in [0.29, 0.717) is 0 Å². The van der Waals surface area contributed by atoms with Crippen LogP contribution in [0.1, 0.15) is 20.3 Å². The van der Waals surface area contributed by atoms with Crippen LogP contribution in [0.4, 0.5) is 0 Å². The SMILES string of the molecule is CCC(C)OP([O-])(=S)[S-]. The average molecular weight is 184 g/mol. The lowest BCUT2D eigenvalue weighted by molar-refractivity contribution is -0.177. The Bertz CT molecular complexity index is 122. The van der Waals surface area contributed by atoms with Crippen LogP contribution in [-0.4, -0.2) is 6.10 Å². The molecule has 56 valence electrons. The predicted molar refractivity (Wildman–Crippen MR) is 42.5 cm³/mol. The number of hydrogen-bond donors (Lipinski definition) is 0. The third kappa shape index (κ3) is 6.81. The summed E-state index contributed by atoms with van der Waals surface area (Å²) in [7, 11) is 0. The molecule has 0 aromatic rings. The van der Waals surface area contributed by atoms with Gasteiger partial charge in [-0.2, -0.15) is 0 Å². The van der Waals surface area contributed by atoms with Gasteiger partial charge in [0.25, 0.3) is 0 Å². The maximum absolute atomic E-state index is 10.6. The highest BCUT2D eigenvalue weighted by molar-refractivity contribution is 8.50. The summed E-state index contributed by atoms with van der Waals surface area (Å²) in [4.78, 5) is 10.6. The number of rotatable bonds is 3. The summed E-state index contributed by atoms with van der Waals surface area (Å²) in [5.74, 6) is 0. The van der Waals surface area contributed by atoms with Gasteiger partial charge in [-0.25, -0.2) is 0 Å². The third-order valence-electron chi connectivity index (χ3n) is 0.884. The first kappa shape index (κ1) is 9.92. The average Bonchev–Trinajstić information content (AvgIpc) is 1.62. The molecule has 2 nitrogen and oxygen atoms in total. The van der Waals surface area contributed by atoms with Crippen LogP contribution in [-0.2, 0) is 28.6 Å². The van der Waals surface area contributed by atoms with Crippen molar-refractivity contribution in [3.8, 4) is 0 Å². The van der Waals surface area contributed by atoms with Crippen molar-refractivity contribution in [2.45, 2.75) is 26.4 Å². The van der Waals surface area contributed by atoms with Gasteiger partial charge in [-0.05, 0) is 13.3 Å².